The second kappa shape index (κ2) is 6.43. The quantitative estimate of drug-likeness (QED) is 0.935. The Labute approximate surface area is 141 Å². The van der Waals surface area contributed by atoms with Crippen LogP contribution in [0.2, 0.25) is 0 Å². The molecule has 2 aromatic rings. The highest BCUT2D eigenvalue weighted by molar-refractivity contribution is 5.84. The van der Waals surface area contributed by atoms with Gasteiger partial charge in [0.25, 0.3) is 0 Å². The number of primary amides is 1. The fraction of sp³-hybridized carbons (Fsp3) is 0.316. The molecule has 1 fully saturated rings. The number of hydrogen-bond donors (Lipinski definition) is 1. The van der Waals surface area contributed by atoms with Gasteiger partial charge in [-0.3, -0.25) is 14.6 Å². The Morgan fingerprint density at radius 1 is 1.12 bits per heavy atom. The maximum atomic E-state index is 12.1. The molecule has 0 radical (unpaired) electrons. The summed E-state index contributed by atoms with van der Waals surface area (Å²) in [4.78, 5) is 29.4. The van der Waals surface area contributed by atoms with Gasteiger partial charge in [-0.1, -0.05) is 24.3 Å². The molecule has 124 valence electrons. The average Bonchev–Trinajstić information content (AvgIpc) is 3.02. The van der Waals surface area contributed by atoms with Gasteiger partial charge in [-0.25, -0.2) is 0 Å². The molecular formula is C19H21N3O2. The van der Waals surface area contributed by atoms with Crippen LogP contribution in [0.15, 0.2) is 48.8 Å². The van der Waals surface area contributed by atoms with Crippen molar-refractivity contribution in [1.29, 1.82) is 0 Å². The molecule has 24 heavy (non-hydrogen) atoms. The van der Waals surface area contributed by atoms with Gasteiger partial charge < -0.3 is 10.6 Å². The zero-order chi connectivity index (χ0) is 17.2. The SMILES string of the molecule is CC(=O)N1CCC(Cc2ccc(-c3ccncc3)cc2)(C(N)=O)C1. The van der Waals surface area contributed by atoms with E-state index in [1.165, 1.54) is 6.92 Å². The van der Waals surface area contributed by atoms with Gasteiger partial charge in [-0.15, -0.1) is 0 Å². The Bertz CT molecular complexity index is 743. The lowest BCUT2D eigenvalue weighted by Gasteiger charge is -2.25. The van der Waals surface area contributed by atoms with E-state index in [-0.39, 0.29) is 11.8 Å². The minimum atomic E-state index is -0.663. The lowest BCUT2D eigenvalue weighted by atomic mass is 9.80. The van der Waals surface area contributed by atoms with Crippen molar-refractivity contribution in [2.75, 3.05) is 13.1 Å². The number of carbonyl (C=O) groups is 2. The van der Waals surface area contributed by atoms with Crippen molar-refractivity contribution in [3.05, 3.63) is 54.4 Å². The van der Waals surface area contributed by atoms with Crippen LogP contribution in [0.4, 0.5) is 0 Å². The lowest BCUT2D eigenvalue weighted by Crippen LogP contribution is -2.42. The lowest BCUT2D eigenvalue weighted by molar-refractivity contribution is -0.130. The van der Waals surface area contributed by atoms with Crippen molar-refractivity contribution in [1.82, 2.24) is 9.88 Å². The molecule has 2 N–H and O–H groups in total. The Kier molecular flexibility index (Phi) is 4.34. The Morgan fingerprint density at radius 3 is 2.29 bits per heavy atom. The monoisotopic (exact) mass is 323 g/mol. The van der Waals surface area contributed by atoms with Crippen LogP contribution >= 0.6 is 0 Å². The summed E-state index contributed by atoms with van der Waals surface area (Å²) in [5, 5.41) is 0. The molecular weight excluding hydrogens is 302 g/mol. The summed E-state index contributed by atoms with van der Waals surface area (Å²) in [6.07, 6.45) is 4.71. The average molecular weight is 323 g/mol. The summed E-state index contributed by atoms with van der Waals surface area (Å²) in [6.45, 7) is 2.53. The molecule has 1 unspecified atom stereocenters. The number of benzene rings is 1. The summed E-state index contributed by atoms with van der Waals surface area (Å²) >= 11 is 0. The van der Waals surface area contributed by atoms with E-state index in [0.717, 1.165) is 16.7 Å². The Hall–Kier alpha value is -2.69. The summed E-state index contributed by atoms with van der Waals surface area (Å²) in [5.41, 5.74) is 8.27. The van der Waals surface area contributed by atoms with Gasteiger partial charge in [0, 0.05) is 32.4 Å². The highest BCUT2D eigenvalue weighted by Crippen LogP contribution is 2.34. The predicted octanol–water partition coefficient (Wildman–Crippen LogP) is 2.02. The first-order valence-corrected chi connectivity index (χ1v) is 8.05. The molecule has 2 heterocycles. The summed E-state index contributed by atoms with van der Waals surface area (Å²) < 4.78 is 0. The molecule has 0 aliphatic carbocycles. The van der Waals surface area contributed by atoms with E-state index in [4.69, 9.17) is 5.73 Å². The van der Waals surface area contributed by atoms with E-state index >= 15 is 0 Å². The zero-order valence-electron chi connectivity index (χ0n) is 13.7. The largest absolute Gasteiger partial charge is 0.369 e. The van der Waals surface area contributed by atoms with Gasteiger partial charge >= 0.3 is 0 Å². The minimum absolute atomic E-state index is 0.00819. The predicted molar refractivity (Wildman–Crippen MR) is 91.9 cm³/mol. The molecule has 1 aliphatic rings. The van der Waals surface area contributed by atoms with E-state index < -0.39 is 5.41 Å². The standard InChI is InChI=1S/C19H21N3O2/c1-14(23)22-11-8-19(13-22,18(20)24)12-15-2-4-16(5-3-15)17-6-9-21-10-7-17/h2-7,9-10H,8,11-13H2,1H3,(H2,20,24). The topological polar surface area (TPSA) is 76.3 Å². The number of nitrogens with zero attached hydrogens (tertiary/aromatic N) is 2. The third-order valence-electron chi connectivity index (χ3n) is 4.83. The molecule has 1 saturated heterocycles. The molecule has 2 amide bonds. The van der Waals surface area contributed by atoms with Crippen LogP contribution < -0.4 is 5.73 Å². The molecule has 5 nitrogen and oxygen atoms in total. The van der Waals surface area contributed by atoms with Crippen molar-refractivity contribution < 1.29 is 9.59 Å². The number of amides is 2. The van der Waals surface area contributed by atoms with Gasteiger partial charge in [0.15, 0.2) is 0 Å². The smallest absolute Gasteiger partial charge is 0.225 e. The van der Waals surface area contributed by atoms with Crippen LogP contribution in [-0.4, -0.2) is 34.8 Å². The molecule has 5 heteroatoms. The Morgan fingerprint density at radius 2 is 1.75 bits per heavy atom. The first kappa shape index (κ1) is 16.2. The zero-order valence-corrected chi connectivity index (χ0v) is 13.7. The molecule has 1 aromatic carbocycles. The van der Waals surface area contributed by atoms with Crippen molar-refractivity contribution >= 4 is 11.8 Å². The number of pyridine rings is 1. The van der Waals surface area contributed by atoms with Gasteiger partial charge in [0.05, 0.1) is 5.41 Å². The fourth-order valence-corrected chi connectivity index (χ4v) is 3.32. The number of aromatic nitrogens is 1. The molecule has 3 rings (SSSR count). The first-order valence-electron chi connectivity index (χ1n) is 8.05. The van der Waals surface area contributed by atoms with E-state index in [9.17, 15) is 9.59 Å². The second-order valence-electron chi connectivity index (χ2n) is 6.44. The van der Waals surface area contributed by atoms with E-state index in [2.05, 4.69) is 4.98 Å². The minimum Gasteiger partial charge on any atom is -0.369 e. The van der Waals surface area contributed by atoms with Crippen LogP contribution in [0.1, 0.15) is 18.9 Å². The highest BCUT2D eigenvalue weighted by atomic mass is 16.2. The van der Waals surface area contributed by atoms with Crippen molar-refractivity contribution in [3.8, 4) is 11.1 Å². The molecule has 0 saturated carbocycles. The van der Waals surface area contributed by atoms with E-state index in [0.29, 0.717) is 25.9 Å². The van der Waals surface area contributed by atoms with Crippen LogP contribution in [0.3, 0.4) is 0 Å². The van der Waals surface area contributed by atoms with Crippen LogP contribution in [-0.2, 0) is 16.0 Å². The first-order chi connectivity index (χ1) is 11.5. The molecule has 0 bridgehead atoms. The maximum Gasteiger partial charge on any atom is 0.225 e. The van der Waals surface area contributed by atoms with Gasteiger partial charge in [-0.05, 0) is 41.7 Å². The van der Waals surface area contributed by atoms with Crippen molar-refractivity contribution in [2.24, 2.45) is 11.1 Å². The summed E-state index contributed by atoms with van der Waals surface area (Å²) in [7, 11) is 0. The summed E-state index contributed by atoms with van der Waals surface area (Å²) in [6, 6.07) is 12.0. The van der Waals surface area contributed by atoms with Crippen molar-refractivity contribution in [3.63, 3.8) is 0 Å². The number of nitrogens with two attached hydrogens (primary N) is 1. The number of hydrogen-bond acceptors (Lipinski definition) is 3. The van der Waals surface area contributed by atoms with Crippen LogP contribution in [0.5, 0.6) is 0 Å². The van der Waals surface area contributed by atoms with Crippen LogP contribution in [0.25, 0.3) is 11.1 Å². The van der Waals surface area contributed by atoms with E-state index in [1.54, 1.807) is 17.3 Å². The van der Waals surface area contributed by atoms with E-state index in [1.807, 2.05) is 36.4 Å². The molecule has 0 spiro atoms. The third-order valence-corrected chi connectivity index (χ3v) is 4.83. The van der Waals surface area contributed by atoms with Gasteiger partial charge in [-0.2, -0.15) is 0 Å². The fourth-order valence-electron chi connectivity index (χ4n) is 3.32. The number of likely N-dealkylation sites (tertiary alicyclic amines) is 1. The Balaban J connectivity index is 1.79. The van der Waals surface area contributed by atoms with Gasteiger partial charge in [0.2, 0.25) is 11.8 Å². The second-order valence-corrected chi connectivity index (χ2v) is 6.44. The molecule has 1 aliphatic heterocycles. The number of carbonyl (C=O) groups excluding carboxylic acids is 2. The normalized spacial score (nSPS) is 20.1. The highest BCUT2D eigenvalue weighted by Gasteiger charge is 2.44. The number of rotatable bonds is 4. The maximum absolute atomic E-state index is 12.1. The van der Waals surface area contributed by atoms with Crippen molar-refractivity contribution in [2.45, 2.75) is 19.8 Å². The van der Waals surface area contributed by atoms with Gasteiger partial charge in [0.1, 0.15) is 0 Å². The molecule has 1 aromatic heterocycles. The third kappa shape index (κ3) is 3.15. The van der Waals surface area contributed by atoms with Crippen LogP contribution in [0, 0.1) is 5.41 Å². The molecule has 1 atom stereocenters. The summed E-state index contributed by atoms with van der Waals surface area (Å²) in [5.74, 6) is -0.337.